The molecule has 1 atom stereocenters. The van der Waals surface area contributed by atoms with Crippen molar-refractivity contribution in [1.82, 2.24) is 15.1 Å². The molecule has 114 valence electrons. The molecule has 2 aromatic rings. The van der Waals surface area contributed by atoms with Crippen LogP contribution in [0.1, 0.15) is 35.5 Å². The summed E-state index contributed by atoms with van der Waals surface area (Å²) in [7, 11) is 1.70. The van der Waals surface area contributed by atoms with Crippen molar-refractivity contribution >= 4 is 0 Å². The Morgan fingerprint density at radius 3 is 2.62 bits per heavy atom. The van der Waals surface area contributed by atoms with Crippen LogP contribution >= 0.6 is 0 Å². The number of methoxy groups -OCH3 is 1. The minimum absolute atomic E-state index is 0.225. The molecule has 1 unspecified atom stereocenters. The highest BCUT2D eigenvalue weighted by atomic mass is 16.5. The van der Waals surface area contributed by atoms with Crippen molar-refractivity contribution in [3.63, 3.8) is 0 Å². The van der Waals surface area contributed by atoms with Gasteiger partial charge >= 0.3 is 0 Å². The molecule has 0 bridgehead atoms. The minimum Gasteiger partial charge on any atom is -0.497 e. The van der Waals surface area contributed by atoms with E-state index in [9.17, 15) is 0 Å². The van der Waals surface area contributed by atoms with Crippen LogP contribution in [0.25, 0.3) is 0 Å². The van der Waals surface area contributed by atoms with Crippen LogP contribution in [0.5, 0.6) is 5.75 Å². The summed E-state index contributed by atoms with van der Waals surface area (Å²) >= 11 is 0. The molecule has 4 nitrogen and oxygen atoms in total. The number of nitrogens with zero attached hydrogens (tertiary/aromatic N) is 2. The molecule has 1 heterocycles. The van der Waals surface area contributed by atoms with Gasteiger partial charge in [0.25, 0.3) is 0 Å². The second-order valence-electron chi connectivity index (χ2n) is 5.36. The van der Waals surface area contributed by atoms with Gasteiger partial charge < -0.3 is 10.1 Å². The van der Waals surface area contributed by atoms with E-state index in [-0.39, 0.29) is 6.04 Å². The van der Waals surface area contributed by atoms with E-state index in [0.717, 1.165) is 24.5 Å². The third kappa shape index (κ3) is 3.45. The van der Waals surface area contributed by atoms with Crippen molar-refractivity contribution in [2.24, 2.45) is 0 Å². The molecular formula is C17H25N3O. The maximum atomic E-state index is 5.33. The Labute approximate surface area is 127 Å². The number of rotatable bonds is 6. The molecule has 0 fully saturated rings. The summed E-state index contributed by atoms with van der Waals surface area (Å²) in [6, 6.07) is 8.45. The standard InChI is InChI=1S/C17H25N3O/c1-6-18-17(15-8-7-9-16(10-15)21-5)11-20-14(4)12(2)13(3)19-20/h7-10,17-18H,6,11H2,1-5H3. The molecule has 0 amide bonds. The lowest BCUT2D eigenvalue weighted by Gasteiger charge is -2.20. The summed E-state index contributed by atoms with van der Waals surface area (Å²) in [6.45, 7) is 10.2. The highest BCUT2D eigenvalue weighted by Gasteiger charge is 2.15. The predicted molar refractivity (Wildman–Crippen MR) is 85.8 cm³/mol. The van der Waals surface area contributed by atoms with Gasteiger partial charge in [0.15, 0.2) is 0 Å². The van der Waals surface area contributed by atoms with Gasteiger partial charge in [-0.3, -0.25) is 4.68 Å². The second-order valence-corrected chi connectivity index (χ2v) is 5.36. The largest absolute Gasteiger partial charge is 0.497 e. The third-order valence-corrected chi connectivity index (χ3v) is 4.05. The van der Waals surface area contributed by atoms with Gasteiger partial charge in [-0.2, -0.15) is 5.10 Å². The Hall–Kier alpha value is -1.81. The Balaban J connectivity index is 2.28. The SMILES string of the molecule is CCNC(Cn1nc(C)c(C)c1C)c1cccc(OC)c1. The molecule has 0 saturated carbocycles. The van der Waals surface area contributed by atoms with Crippen LogP contribution in [-0.2, 0) is 6.54 Å². The lowest BCUT2D eigenvalue weighted by molar-refractivity contribution is 0.409. The van der Waals surface area contributed by atoms with E-state index in [4.69, 9.17) is 4.74 Å². The highest BCUT2D eigenvalue weighted by molar-refractivity contribution is 5.31. The number of hydrogen-bond donors (Lipinski definition) is 1. The van der Waals surface area contributed by atoms with Crippen molar-refractivity contribution in [1.29, 1.82) is 0 Å². The summed E-state index contributed by atoms with van der Waals surface area (Å²) in [6.07, 6.45) is 0. The first kappa shape index (κ1) is 15.6. The highest BCUT2D eigenvalue weighted by Crippen LogP contribution is 2.22. The first-order valence-electron chi connectivity index (χ1n) is 7.44. The zero-order chi connectivity index (χ0) is 15.4. The Bertz CT molecular complexity index is 604. The average Bonchev–Trinajstić information content (AvgIpc) is 2.74. The first-order valence-corrected chi connectivity index (χ1v) is 7.44. The van der Waals surface area contributed by atoms with Crippen molar-refractivity contribution in [3.05, 3.63) is 46.8 Å². The van der Waals surface area contributed by atoms with Crippen molar-refractivity contribution in [2.75, 3.05) is 13.7 Å². The Morgan fingerprint density at radius 1 is 1.29 bits per heavy atom. The van der Waals surface area contributed by atoms with Crippen molar-refractivity contribution in [2.45, 2.75) is 40.3 Å². The molecule has 1 aromatic heterocycles. The summed E-state index contributed by atoms with van der Waals surface area (Å²) in [5.74, 6) is 0.889. The summed E-state index contributed by atoms with van der Waals surface area (Å²) in [4.78, 5) is 0. The number of benzene rings is 1. The van der Waals surface area contributed by atoms with E-state index >= 15 is 0 Å². The molecule has 0 radical (unpaired) electrons. The van der Waals surface area contributed by atoms with Gasteiger partial charge in [-0.25, -0.2) is 0 Å². The van der Waals surface area contributed by atoms with Crippen LogP contribution in [0.3, 0.4) is 0 Å². The fraction of sp³-hybridized carbons (Fsp3) is 0.471. The molecule has 2 rings (SSSR count). The fourth-order valence-electron chi connectivity index (χ4n) is 2.53. The van der Waals surface area contributed by atoms with Gasteiger partial charge in [-0.1, -0.05) is 19.1 Å². The van der Waals surface area contributed by atoms with Crippen LogP contribution in [-0.4, -0.2) is 23.4 Å². The molecule has 0 aliphatic carbocycles. The van der Waals surface area contributed by atoms with Gasteiger partial charge in [0, 0.05) is 5.69 Å². The number of ether oxygens (including phenoxy) is 1. The number of hydrogen-bond acceptors (Lipinski definition) is 3. The molecule has 4 heteroatoms. The average molecular weight is 287 g/mol. The molecule has 1 N–H and O–H groups in total. The van der Waals surface area contributed by atoms with Gasteiger partial charge in [-0.05, 0) is 50.6 Å². The zero-order valence-electron chi connectivity index (χ0n) is 13.6. The van der Waals surface area contributed by atoms with Crippen molar-refractivity contribution in [3.8, 4) is 5.75 Å². The van der Waals surface area contributed by atoms with E-state index in [1.165, 1.54) is 16.8 Å². The van der Waals surface area contributed by atoms with Gasteiger partial charge in [0.05, 0.1) is 25.4 Å². The van der Waals surface area contributed by atoms with Gasteiger partial charge in [0.2, 0.25) is 0 Å². The van der Waals surface area contributed by atoms with Crippen molar-refractivity contribution < 1.29 is 4.74 Å². The van der Waals surface area contributed by atoms with Gasteiger partial charge in [-0.15, -0.1) is 0 Å². The number of aryl methyl sites for hydroxylation is 1. The van der Waals surface area contributed by atoms with E-state index in [2.05, 4.69) is 54.9 Å². The minimum atomic E-state index is 0.225. The molecule has 21 heavy (non-hydrogen) atoms. The van der Waals surface area contributed by atoms with E-state index < -0.39 is 0 Å². The number of likely N-dealkylation sites (N-methyl/N-ethyl adjacent to an activating group) is 1. The molecule has 0 saturated heterocycles. The summed E-state index contributed by atoms with van der Waals surface area (Å²) in [5.41, 5.74) is 4.84. The first-order chi connectivity index (χ1) is 10.1. The maximum absolute atomic E-state index is 5.33. The van der Waals surface area contributed by atoms with E-state index in [1.807, 2.05) is 12.1 Å². The third-order valence-electron chi connectivity index (χ3n) is 4.05. The van der Waals surface area contributed by atoms with Crippen LogP contribution < -0.4 is 10.1 Å². The van der Waals surface area contributed by atoms with E-state index in [0.29, 0.717) is 0 Å². The van der Waals surface area contributed by atoms with Gasteiger partial charge in [0.1, 0.15) is 5.75 Å². The lowest BCUT2D eigenvalue weighted by atomic mass is 10.1. The lowest BCUT2D eigenvalue weighted by Crippen LogP contribution is -2.26. The fourth-order valence-corrected chi connectivity index (χ4v) is 2.53. The normalized spacial score (nSPS) is 12.4. The number of nitrogens with one attached hydrogen (secondary N) is 1. The number of aromatic nitrogens is 2. The van der Waals surface area contributed by atoms with Crippen LogP contribution in [0, 0.1) is 20.8 Å². The van der Waals surface area contributed by atoms with Crippen LogP contribution in [0.4, 0.5) is 0 Å². The summed E-state index contributed by atoms with van der Waals surface area (Å²) in [5, 5.41) is 8.18. The molecule has 0 aliphatic rings. The quantitative estimate of drug-likeness (QED) is 0.887. The monoisotopic (exact) mass is 287 g/mol. The van der Waals surface area contributed by atoms with E-state index in [1.54, 1.807) is 7.11 Å². The van der Waals surface area contributed by atoms with Crippen LogP contribution in [0.15, 0.2) is 24.3 Å². The molecule has 0 aliphatic heterocycles. The molecule has 1 aromatic carbocycles. The topological polar surface area (TPSA) is 39.1 Å². The zero-order valence-corrected chi connectivity index (χ0v) is 13.6. The summed E-state index contributed by atoms with van der Waals surface area (Å²) < 4.78 is 7.42. The Kier molecular flexibility index (Phi) is 5.02. The Morgan fingerprint density at radius 2 is 2.05 bits per heavy atom. The second kappa shape index (κ2) is 6.76. The predicted octanol–water partition coefficient (Wildman–Crippen LogP) is 3.17. The smallest absolute Gasteiger partial charge is 0.119 e. The molecule has 0 spiro atoms. The maximum Gasteiger partial charge on any atom is 0.119 e. The van der Waals surface area contributed by atoms with Crippen LogP contribution in [0.2, 0.25) is 0 Å². The molecular weight excluding hydrogens is 262 g/mol.